The van der Waals surface area contributed by atoms with E-state index < -0.39 is 0 Å². The van der Waals surface area contributed by atoms with Crippen LogP contribution in [0.5, 0.6) is 0 Å². The van der Waals surface area contributed by atoms with Crippen molar-refractivity contribution in [2.24, 2.45) is 0 Å². The van der Waals surface area contributed by atoms with Crippen LogP contribution in [-0.2, 0) is 0 Å². The number of carbonyl (C=O) groups excluding carboxylic acids is 1. The van der Waals surface area contributed by atoms with Crippen molar-refractivity contribution in [3.63, 3.8) is 0 Å². The number of aryl methyl sites for hydroxylation is 2. The van der Waals surface area contributed by atoms with E-state index in [-0.39, 0.29) is 5.91 Å². The van der Waals surface area contributed by atoms with E-state index in [1.165, 1.54) is 0 Å². The summed E-state index contributed by atoms with van der Waals surface area (Å²) in [4.78, 5) is 17.3. The number of aromatic amines is 2. The molecule has 0 saturated carbocycles. The molecule has 0 unspecified atom stereocenters. The van der Waals surface area contributed by atoms with Crippen LogP contribution in [0, 0.1) is 13.8 Å². The van der Waals surface area contributed by atoms with Gasteiger partial charge in [0.2, 0.25) is 0 Å². The van der Waals surface area contributed by atoms with Gasteiger partial charge in [0.1, 0.15) is 11.5 Å². The fourth-order valence-electron chi connectivity index (χ4n) is 3.48. The van der Waals surface area contributed by atoms with Gasteiger partial charge in [-0.2, -0.15) is 0 Å². The molecule has 0 saturated heterocycles. The maximum absolute atomic E-state index is 12.5. The molecule has 2 aromatic carbocycles. The highest BCUT2D eigenvalue weighted by Crippen LogP contribution is 2.31. The number of anilines is 1. The van der Waals surface area contributed by atoms with Crippen LogP contribution in [0.1, 0.15) is 21.9 Å². The summed E-state index contributed by atoms with van der Waals surface area (Å²) in [6.07, 6.45) is 1.91. The zero-order chi connectivity index (χ0) is 17.8. The van der Waals surface area contributed by atoms with E-state index in [2.05, 4.69) is 27.6 Å². The lowest BCUT2D eigenvalue weighted by Crippen LogP contribution is -2.11. The Balaban J connectivity index is 1.59. The summed E-state index contributed by atoms with van der Waals surface area (Å²) in [5.41, 5.74) is 4.08. The largest absolute Gasteiger partial charge is 0.466 e. The number of H-pyrrole nitrogens is 2. The first kappa shape index (κ1) is 14.8. The van der Waals surface area contributed by atoms with Gasteiger partial charge in [-0.1, -0.05) is 12.1 Å². The first-order chi connectivity index (χ1) is 12.6. The standard InChI is InChI=1S/C20H16N4O2/c1-10-7-15(11(2)26-10)20(25)22-13-4-6-17-16(8-13)14-5-3-12-9-21-24-18(12)19(14)23-17/h3-9,21,24H,1-2H3,(H,22,25). The monoisotopic (exact) mass is 344 g/mol. The van der Waals surface area contributed by atoms with E-state index in [4.69, 9.17) is 9.40 Å². The second-order valence-electron chi connectivity index (χ2n) is 6.46. The minimum atomic E-state index is -0.177. The van der Waals surface area contributed by atoms with Crippen LogP contribution >= 0.6 is 0 Å². The van der Waals surface area contributed by atoms with E-state index >= 15 is 0 Å². The van der Waals surface area contributed by atoms with Gasteiger partial charge in [0.25, 0.3) is 5.91 Å². The van der Waals surface area contributed by atoms with Gasteiger partial charge in [0, 0.05) is 28.0 Å². The first-order valence-corrected chi connectivity index (χ1v) is 8.36. The summed E-state index contributed by atoms with van der Waals surface area (Å²) in [7, 11) is 0. The smallest absolute Gasteiger partial charge is 0.259 e. The number of amides is 1. The number of carbonyl (C=O) groups is 1. The van der Waals surface area contributed by atoms with Crippen molar-refractivity contribution < 1.29 is 9.21 Å². The summed E-state index contributed by atoms with van der Waals surface area (Å²) in [6.45, 7) is 3.62. The highest BCUT2D eigenvalue weighted by molar-refractivity contribution is 6.17. The number of nitrogens with one attached hydrogen (secondary N) is 3. The molecule has 6 heteroatoms. The van der Waals surface area contributed by atoms with Crippen LogP contribution in [0.2, 0.25) is 0 Å². The zero-order valence-corrected chi connectivity index (χ0v) is 14.3. The third kappa shape index (κ3) is 2.12. The first-order valence-electron chi connectivity index (χ1n) is 8.36. The van der Waals surface area contributed by atoms with E-state index in [1.807, 2.05) is 31.3 Å². The van der Waals surface area contributed by atoms with Crippen molar-refractivity contribution in [2.45, 2.75) is 13.8 Å². The number of benzene rings is 2. The highest BCUT2D eigenvalue weighted by atomic mass is 16.3. The maximum Gasteiger partial charge on any atom is 0.259 e. The average molecular weight is 344 g/mol. The molecule has 0 radical (unpaired) electrons. The van der Waals surface area contributed by atoms with Crippen molar-refractivity contribution in [3.8, 4) is 0 Å². The number of aromatic nitrogens is 3. The minimum absolute atomic E-state index is 0.177. The van der Waals surface area contributed by atoms with Gasteiger partial charge in [0.05, 0.1) is 22.1 Å². The molecule has 3 N–H and O–H groups in total. The van der Waals surface area contributed by atoms with Gasteiger partial charge in [-0.15, -0.1) is 0 Å². The molecule has 6 nitrogen and oxygen atoms in total. The summed E-state index contributed by atoms with van der Waals surface area (Å²) < 4.78 is 5.44. The Morgan fingerprint density at radius 2 is 2.00 bits per heavy atom. The topological polar surface area (TPSA) is 86.7 Å². The Hall–Kier alpha value is -3.54. The Kier molecular flexibility index (Phi) is 2.97. The fraction of sp³-hybridized carbons (Fsp3) is 0.100. The molecule has 0 aliphatic heterocycles. The molecule has 0 aliphatic carbocycles. The van der Waals surface area contributed by atoms with E-state index in [9.17, 15) is 4.79 Å². The normalized spacial score (nSPS) is 11.6. The van der Waals surface area contributed by atoms with Gasteiger partial charge in [-0.3, -0.25) is 9.89 Å². The predicted molar refractivity (Wildman–Crippen MR) is 102 cm³/mol. The van der Waals surface area contributed by atoms with Crippen LogP contribution in [-0.4, -0.2) is 21.1 Å². The van der Waals surface area contributed by atoms with Gasteiger partial charge < -0.3 is 14.8 Å². The van der Waals surface area contributed by atoms with Crippen LogP contribution in [0.25, 0.3) is 32.7 Å². The third-order valence-electron chi connectivity index (χ3n) is 4.70. The molecule has 3 heterocycles. The SMILES string of the molecule is Cc1cc(C(=O)Nc2ccc3nc4c(ccc5c[nH][nH]c54)c3c2)c(C)o1. The number of furan rings is 1. The quantitative estimate of drug-likeness (QED) is 0.435. The van der Waals surface area contributed by atoms with Crippen molar-refractivity contribution in [3.05, 3.63) is 59.7 Å². The number of nitrogens with zero attached hydrogens (tertiary/aromatic N) is 1. The summed E-state index contributed by atoms with van der Waals surface area (Å²) in [5.74, 6) is 1.16. The summed E-state index contributed by atoms with van der Waals surface area (Å²) in [6, 6.07) is 11.6. The van der Waals surface area contributed by atoms with Crippen molar-refractivity contribution in [1.82, 2.24) is 15.2 Å². The summed E-state index contributed by atoms with van der Waals surface area (Å²) in [5, 5.41) is 12.2. The number of hydrogen-bond donors (Lipinski definition) is 3. The molecule has 0 spiro atoms. The molecule has 26 heavy (non-hydrogen) atoms. The maximum atomic E-state index is 12.5. The molecule has 0 fully saturated rings. The lowest BCUT2D eigenvalue weighted by Gasteiger charge is -2.04. The molecule has 5 rings (SSSR count). The van der Waals surface area contributed by atoms with E-state index in [1.54, 1.807) is 13.0 Å². The Morgan fingerprint density at radius 3 is 2.81 bits per heavy atom. The number of fused-ring (bicyclic) bond motifs is 5. The predicted octanol–water partition coefficient (Wildman–Crippen LogP) is 4.66. The molecule has 3 aromatic heterocycles. The summed E-state index contributed by atoms with van der Waals surface area (Å²) >= 11 is 0. The van der Waals surface area contributed by atoms with Crippen LogP contribution < -0.4 is 5.32 Å². The molecule has 0 bridgehead atoms. The zero-order valence-electron chi connectivity index (χ0n) is 14.3. The molecular weight excluding hydrogens is 328 g/mol. The molecular formula is C20H16N4O2. The molecule has 0 atom stereocenters. The third-order valence-corrected chi connectivity index (χ3v) is 4.70. The van der Waals surface area contributed by atoms with Crippen molar-refractivity contribution >= 4 is 44.3 Å². The van der Waals surface area contributed by atoms with Gasteiger partial charge in [-0.25, -0.2) is 4.98 Å². The molecule has 128 valence electrons. The van der Waals surface area contributed by atoms with E-state index in [0.29, 0.717) is 11.3 Å². The Morgan fingerprint density at radius 1 is 1.12 bits per heavy atom. The molecule has 0 aliphatic rings. The minimum Gasteiger partial charge on any atom is -0.466 e. The van der Waals surface area contributed by atoms with Gasteiger partial charge in [-0.05, 0) is 38.1 Å². The molecule has 1 amide bonds. The van der Waals surface area contributed by atoms with E-state index in [0.717, 1.165) is 44.2 Å². The number of rotatable bonds is 2. The van der Waals surface area contributed by atoms with Crippen LogP contribution in [0.15, 0.2) is 47.0 Å². The second kappa shape index (κ2) is 5.23. The lowest BCUT2D eigenvalue weighted by atomic mass is 10.1. The van der Waals surface area contributed by atoms with Gasteiger partial charge in [0.15, 0.2) is 0 Å². The number of hydrogen-bond acceptors (Lipinski definition) is 3. The van der Waals surface area contributed by atoms with Crippen LogP contribution in [0.4, 0.5) is 5.69 Å². The molecule has 5 aromatic rings. The average Bonchev–Trinajstić information content (AvgIpc) is 3.30. The Bertz CT molecular complexity index is 1310. The second-order valence-corrected chi connectivity index (χ2v) is 6.46. The Labute approximate surface area is 148 Å². The van der Waals surface area contributed by atoms with Crippen molar-refractivity contribution in [1.29, 1.82) is 0 Å². The highest BCUT2D eigenvalue weighted by Gasteiger charge is 2.15. The van der Waals surface area contributed by atoms with Crippen molar-refractivity contribution in [2.75, 3.05) is 5.32 Å². The van der Waals surface area contributed by atoms with Gasteiger partial charge >= 0.3 is 0 Å². The fourth-order valence-corrected chi connectivity index (χ4v) is 3.48. The van der Waals surface area contributed by atoms with Crippen LogP contribution in [0.3, 0.4) is 0 Å². The lowest BCUT2D eigenvalue weighted by molar-refractivity contribution is 0.102.